The Kier molecular flexibility index (Phi) is 2.87. The van der Waals surface area contributed by atoms with Gasteiger partial charge in [0.05, 0.1) is 0 Å². The fraction of sp³-hybridized carbons (Fsp3) is 1.00. The predicted molar refractivity (Wildman–Crippen MR) is 39.7 cm³/mol. The van der Waals surface area contributed by atoms with Crippen LogP contribution in [0.4, 0.5) is 39.5 Å². The van der Waals surface area contributed by atoms with E-state index in [0.717, 1.165) is 15.9 Å². The van der Waals surface area contributed by atoms with E-state index < -0.39 is 34.1 Å². The van der Waals surface area contributed by atoms with Gasteiger partial charge in [0.1, 0.15) is 0 Å². The lowest BCUT2D eigenvalue weighted by Gasteiger charge is -2.52. The highest BCUT2D eigenvalue weighted by atomic mass is 79.9. The van der Waals surface area contributed by atoms with Crippen LogP contribution in [0.2, 0.25) is 0 Å². The van der Waals surface area contributed by atoms with Crippen LogP contribution in [0.25, 0.3) is 0 Å². The van der Waals surface area contributed by atoms with Crippen LogP contribution < -0.4 is 0 Å². The first-order valence-corrected chi connectivity index (χ1v) is 4.63. The highest BCUT2D eigenvalue weighted by molar-refractivity contribution is 9.10. The summed E-state index contributed by atoms with van der Waals surface area (Å²) in [6, 6.07) is 0. The largest absolute Gasteiger partial charge is 0.384 e. The number of alkyl halides is 10. The van der Waals surface area contributed by atoms with E-state index in [-0.39, 0.29) is 0 Å². The molecular weight excluding hydrogens is 355 g/mol. The van der Waals surface area contributed by atoms with Crippen LogP contribution in [-0.2, 0) is 0 Å². The molecule has 1 saturated carbocycles. The molecule has 0 aromatic carbocycles. The Morgan fingerprint density at radius 3 is 1.17 bits per heavy atom. The number of hydrogen-bond acceptors (Lipinski definition) is 2. The molecule has 12 heteroatoms. The van der Waals surface area contributed by atoms with E-state index in [1.54, 1.807) is 0 Å². The smallest absolute Gasteiger partial charge is 0.357 e. The van der Waals surface area contributed by atoms with Gasteiger partial charge in [-0.1, -0.05) is 0 Å². The first kappa shape index (κ1) is 15.8. The maximum atomic E-state index is 13.1. The van der Waals surface area contributed by atoms with Crippen molar-refractivity contribution >= 4 is 15.9 Å². The molecule has 1 atom stereocenters. The molecule has 108 valence electrons. The van der Waals surface area contributed by atoms with Crippen molar-refractivity contribution in [3.05, 3.63) is 0 Å². The van der Waals surface area contributed by atoms with Crippen molar-refractivity contribution in [2.24, 2.45) is 0 Å². The van der Waals surface area contributed by atoms with Crippen LogP contribution >= 0.6 is 15.9 Å². The summed E-state index contributed by atoms with van der Waals surface area (Å²) in [5, 5.41) is 16.8. The third kappa shape index (κ3) is 1.19. The standard InChI is InChI=1S/C6H2BrF9O2/c7-1(8)2(9,10)3(11,12)4(13,14)5(15,16)6(1,17)18/h17-18H. The van der Waals surface area contributed by atoms with Crippen molar-refractivity contribution in [2.45, 2.75) is 34.1 Å². The molecule has 0 amide bonds. The third-order valence-corrected chi connectivity index (χ3v) is 3.50. The van der Waals surface area contributed by atoms with Gasteiger partial charge in [0, 0.05) is 0 Å². The molecular formula is C6H2BrF9O2. The lowest BCUT2D eigenvalue weighted by molar-refractivity contribution is -0.494. The molecule has 0 heterocycles. The lowest BCUT2D eigenvalue weighted by Crippen LogP contribution is -2.84. The Morgan fingerprint density at radius 2 is 0.833 bits per heavy atom. The van der Waals surface area contributed by atoms with Gasteiger partial charge >= 0.3 is 23.7 Å². The molecule has 1 rings (SSSR count). The zero-order valence-electron chi connectivity index (χ0n) is 7.67. The fourth-order valence-corrected chi connectivity index (χ4v) is 1.72. The fourth-order valence-electron chi connectivity index (χ4n) is 1.23. The molecule has 0 aliphatic heterocycles. The van der Waals surface area contributed by atoms with E-state index in [1.807, 2.05) is 0 Å². The van der Waals surface area contributed by atoms with E-state index in [2.05, 4.69) is 0 Å². The highest BCUT2D eigenvalue weighted by Gasteiger charge is 2.99. The van der Waals surface area contributed by atoms with Crippen molar-refractivity contribution < 1.29 is 49.7 Å². The monoisotopic (exact) mass is 356 g/mol. The average Bonchev–Trinajstić information content (AvgIpc) is 2.14. The van der Waals surface area contributed by atoms with E-state index in [0.29, 0.717) is 0 Å². The molecule has 2 N–H and O–H groups in total. The summed E-state index contributed by atoms with van der Waals surface area (Å²) in [5.41, 5.74) is 0. The molecule has 0 spiro atoms. The minimum atomic E-state index is -6.89. The molecule has 0 aromatic heterocycles. The molecule has 18 heavy (non-hydrogen) atoms. The second-order valence-corrected chi connectivity index (χ2v) is 4.64. The van der Waals surface area contributed by atoms with Crippen LogP contribution in [-0.4, -0.2) is 44.3 Å². The topological polar surface area (TPSA) is 40.5 Å². The molecule has 0 aromatic rings. The number of rotatable bonds is 0. The van der Waals surface area contributed by atoms with Crippen molar-refractivity contribution in [2.75, 3.05) is 0 Å². The average molecular weight is 357 g/mol. The summed E-state index contributed by atoms with van der Waals surface area (Å²) in [6.07, 6.45) is 0. The Bertz CT molecular complexity index is 260. The van der Waals surface area contributed by atoms with Crippen molar-refractivity contribution in [3.8, 4) is 0 Å². The van der Waals surface area contributed by atoms with Gasteiger partial charge in [-0.25, -0.2) is 4.39 Å². The quantitative estimate of drug-likeness (QED) is 0.397. The van der Waals surface area contributed by atoms with Crippen molar-refractivity contribution in [1.29, 1.82) is 0 Å². The maximum absolute atomic E-state index is 13.1. The molecule has 1 fully saturated rings. The Balaban J connectivity index is 3.72. The summed E-state index contributed by atoms with van der Waals surface area (Å²) >= 11 is 0.928. The minimum Gasteiger partial charge on any atom is -0.357 e. The van der Waals surface area contributed by atoms with Gasteiger partial charge in [0.25, 0.3) is 10.4 Å². The van der Waals surface area contributed by atoms with Gasteiger partial charge in [0.2, 0.25) is 0 Å². The summed E-state index contributed by atoms with van der Waals surface area (Å²) in [7, 11) is 0. The maximum Gasteiger partial charge on any atom is 0.384 e. The second kappa shape index (κ2) is 3.26. The predicted octanol–water partition coefficient (Wildman–Crippen LogP) is 2.28. The molecule has 0 radical (unpaired) electrons. The summed E-state index contributed by atoms with van der Waals surface area (Å²) in [5.74, 6) is -32.6. The number of hydrogen-bond donors (Lipinski definition) is 2. The second-order valence-electron chi connectivity index (χ2n) is 3.54. The van der Waals surface area contributed by atoms with Gasteiger partial charge < -0.3 is 10.2 Å². The molecule has 1 aliphatic rings. The van der Waals surface area contributed by atoms with Crippen molar-refractivity contribution in [1.82, 2.24) is 0 Å². The van der Waals surface area contributed by atoms with Gasteiger partial charge in [-0.3, -0.25) is 0 Å². The Morgan fingerprint density at radius 1 is 0.556 bits per heavy atom. The zero-order chi connectivity index (χ0) is 15.0. The molecule has 0 saturated heterocycles. The minimum absolute atomic E-state index is 0.928. The summed E-state index contributed by atoms with van der Waals surface area (Å²) < 4.78 is 109. The van der Waals surface area contributed by atoms with Crippen molar-refractivity contribution in [3.63, 3.8) is 0 Å². The first-order valence-electron chi connectivity index (χ1n) is 3.84. The van der Waals surface area contributed by atoms with Crippen LogP contribution in [0.15, 0.2) is 0 Å². The Hall–Kier alpha value is -0.230. The van der Waals surface area contributed by atoms with E-state index in [9.17, 15) is 39.5 Å². The molecule has 1 aliphatic carbocycles. The SMILES string of the molecule is OC1(O)C(F)(F)C(F)(F)C(F)(F)C(F)(F)C1(F)Br. The third-order valence-electron chi connectivity index (χ3n) is 2.45. The number of aliphatic hydroxyl groups is 2. The van der Waals surface area contributed by atoms with Crippen LogP contribution in [0, 0.1) is 0 Å². The highest BCUT2D eigenvalue weighted by Crippen LogP contribution is 2.68. The normalized spacial score (nSPS) is 39.3. The van der Waals surface area contributed by atoms with Gasteiger partial charge in [-0.15, -0.1) is 0 Å². The molecule has 2 nitrogen and oxygen atoms in total. The van der Waals surface area contributed by atoms with E-state index in [1.165, 1.54) is 0 Å². The van der Waals surface area contributed by atoms with Gasteiger partial charge in [-0.2, -0.15) is 35.1 Å². The summed E-state index contributed by atoms with van der Waals surface area (Å²) in [4.78, 5) is 0. The van der Waals surface area contributed by atoms with E-state index >= 15 is 0 Å². The Labute approximate surface area is 101 Å². The molecule has 1 unspecified atom stereocenters. The van der Waals surface area contributed by atoms with Crippen LogP contribution in [0.3, 0.4) is 0 Å². The van der Waals surface area contributed by atoms with Gasteiger partial charge in [0.15, 0.2) is 0 Å². The molecule has 0 bridgehead atoms. The van der Waals surface area contributed by atoms with E-state index in [4.69, 9.17) is 10.2 Å². The zero-order valence-corrected chi connectivity index (χ0v) is 9.26. The lowest BCUT2D eigenvalue weighted by atomic mass is 9.79. The van der Waals surface area contributed by atoms with Crippen LogP contribution in [0.1, 0.15) is 0 Å². The number of halogens is 10. The first-order chi connectivity index (χ1) is 7.50. The van der Waals surface area contributed by atoms with Crippen LogP contribution in [0.5, 0.6) is 0 Å². The summed E-state index contributed by atoms with van der Waals surface area (Å²) in [6.45, 7) is 0. The van der Waals surface area contributed by atoms with Gasteiger partial charge in [-0.05, 0) is 15.9 Å².